The summed E-state index contributed by atoms with van der Waals surface area (Å²) >= 11 is 0. The zero-order chi connectivity index (χ0) is 23.7. The van der Waals surface area contributed by atoms with Crippen molar-refractivity contribution in [2.75, 3.05) is 26.3 Å². The van der Waals surface area contributed by atoms with Gasteiger partial charge in [0.2, 0.25) is 5.91 Å². The fourth-order valence-electron chi connectivity index (χ4n) is 4.22. The SMILES string of the molecule is O=C(Cn1cc(/C=C2\NC(=O)N(Cc3ccc(F)cc3)C2=O)c2ccccc21)N1CCOCC1. The van der Waals surface area contributed by atoms with E-state index in [1.54, 1.807) is 11.0 Å². The van der Waals surface area contributed by atoms with Gasteiger partial charge in [0.25, 0.3) is 5.91 Å². The molecule has 3 aromatic rings. The number of rotatable bonds is 5. The van der Waals surface area contributed by atoms with Gasteiger partial charge < -0.3 is 19.5 Å². The number of hydrogen-bond acceptors (Lipinski definition) is 4. The van der Waals surface area contributed by atoms with Crippen LogP contribution in [0.15, 0.2) is 60.4 Å². The van der Waals surface area contributed by atoms with E-state index in [1.165, 1.54) is 24.3 Å². The molecule has 2 fully saturated rings. The van der Waals surface area contributed by atoms with Crippen LogP contribution in [0, 0.1) is 5.82 Å². The molecule has 0 atom stereocenters. The number of halogens is 1. The number of benzene rings is 2. The third-order valence-corrected chi connectivity index (χ3v) is 6.00. The van der Waals surface area contributed by atoms with Crippen LogP contribution in [0.1, 0.15) is 11.1 Å². The molecule has 3 heterocycles. The number of carbonyl (C=O) groups excluding carboxylic acids is 3. The summed E-state index contributed by atoms with van der Waals surface area (Å²) in [6.45, 7) is 2.41. The molecule has 0 saturated carbocycles. The summed E-state index contributed by atoms with van der Waals surface area (Å²) < 4.78 is 20.4. The molecule has 0 aliphatic carbocycles. The second-order valence-corrected chi connectivity index (χ2v) is 8.23. The van der Waals surface area contributed by atoms with Crippen molar-refractivity contribution >= 4 is 34.8 Å². The van der Waals surface area contributed by atoms with Crippen molar-refractivity contribution in [3.63, 3.8) is 0 Å². The highest BCUT2D eigenvalue weighted by Gasteiger charge is 2.33. The van der Waals surface area contributed by atoms with Crippen LogP contribution in [-0.4, -0.2) is 58.5 Å². The summed E-state index contributed by atoms with van der Waals surface area (Å²) in [6.07, 6.45) is 3.45. The molecule has 0 radical (unpaired) electrons. The van der Waals surface area contributed by atoms with Crippen molar-refractivity contribution < 1.29 is 23.5 Å². The molecule has 2 aliphatic heterocycles. The largest absolute Gasteiger partial charge is 0.378 e. The van der Waals surface area contributed by atoms with Crippen LogP contribution < -0.4 is 5.32 Å². The molecule has 4 amide bonds. The smallest absolute Gasteiger partial charge is 0.329 e. The molecular weight excluding hydrogens is 439 g/mol. The normalized spacial score (nSPS) is 17.6. The van der Waals surface area contributed by atoms with Crippen molar-refractivity contribution in [2.45, 2.75) is 13.1 Å². The fraction of sp³-hybridized carbons (Fsp3) is 0.240. The van der Waals surface area contributed by atoms with Crippen molar-refractivity contribution in [3.05, 3.63) is 77.4 Å². The topological polar surface area (TPSA) is 83.9 Å². The Balaban J connectivity index is 1.40. The van der Waals surface area contributed by atoms with Crippen molar-refractivity contribution in [1.29, 1.82) is 0 Å². The molecule has 2 saturated heterocycles. The number of aromatic nitrogens is 1. The second kappa shape index (κ2) is 9.11. The summed E-state index contributed by atoms with van der Waals surface area (Å²) in [5.74, 6) is -0.848. The maximum atomic E-state index is 13.2. The predicted molar refractivity (Wildman–Crippen MR) is 123 cm³/mol. The highest BCUT2D eigenvalue weighted by molar-refractivity contribution is 6.14. The standard InChI is InChI=1S/C25H23FN4O4/c26-19-7-5-17(6-8-19)14-30-24(32)21(27-25(30)33)13-18-15-29(22-4-2-1-3-20(18)22)16-23(31)28-9-11-34-12-10-28/h1-8,13,15H,9-12,14,16H2,(H,27,33)/b21-13-. The Morgan fingerprint density at radius 1 is 1.06 bits per heavy atom. The van der Waals surface area contributed by atoms with Gasteiger partial charge in [-0.05, 0) is 29.8 Å². The van der Waals surface area contributed by atoms with Crippen LogP contribution in [0.3, 0.4) is 0 Å². The van der Waals surface area contributed by atoms with Gasteiger partial charge in [-0.15, -0.1) is 0 Å². The van der Waals surface area contributed by atoms with Crippen LogP contribution in [0.5, 0.6) is 0 Å². The van der Waals surface area contributed by atoms with Gasteiger partial charge in [0.15, 0.2) is 0 Å². The minimum absolute atomic E-state index is 0.000949. The quantitative estimate of drug-likeness (QED) is 0.467. The molecule has 9 heteroatoms. The van der Waals surface area contributed by atoms with Crippen LogP contribution in [-0.2, 0) is 27.4 Å². The Morgan fingerprint density at radius 3 is 2.56 bits per heavy atom. The van der Waals surface area contributed by atoms with E-state index >= 15 is 0 Å². The lowest BCUT2D eigenvalue weighted by molar-refractivity contribution is -0.135. The number of urea groups is 1. The summed E-state index contributed by atoms with van der Waals surface area (Å²) in [5, 5.41) is 3.49. The Bertz CT molecular complexity index is 1290. The van der Waals surface area contributed by atoms with Crippen LogP contribution in [0.25, 0.3) is 17.0 Å². The van der Waals surface area contributed by atoms with Gasteiger partial charge in [-0.25, -0.2) is 9.18 Å². The van der Waals surface area contributed by atoms with Gasteiger partial charge >= 0.3 is 6.03 Å². The maximum Gasteiger partial charge on any atom is 0.329 e. The molecule has 5 rings (SSSR count). The first-order chi connectivity index (χ1) is 16.5. The average molecular weight is 462 g/mol. The molecule has 8 nitrogen and oxygen atoms in total. The van der Waals surface area contributed by atoms with Crippen LogP contribution in [0.2, 0.25) is 0 Å². The van der Waals surface area contributed by atoms with E-state index in [1.807, 2.05) is 35.0 Å². The van der Waals surface area contributed by atoms with Crippen molar-refractivity contribution in [2.24, 2.45) is 0 Å². The Labute approximate surface area is 195 Å². The van der Waals surface area contributed by atoms with Gasteiger partial charge in [0.05, 0.1) is 19.8 Å². The summed E-state index contributed by atoms with van der Waals surface area (Å²) in [6, 6.07) is 12.7. The summed E-state index contributed by atoms with van der Waals surface area (Å²) in [4.78, 5) is 41.1. The number of imide groups is 1. The van der Waals surface area contributed by atoms with E-state index in [4.69, 9.17) is 4.74 Å². The molecule has 1 N–H and O–H groups in total. The van der Waals surface area contributed by atoms with Gasteiger partial charge in [0.1, 0.15) is 18.1 Å². The lowest BCUT2D eigenvalue weighted by Gasteiger charge is -2.27. The Hall–Kier alpha value is -3.98. The number of para-hydroxylation sites is 1. The predicted octanol–water partition coefficient (Wildman–Crippen LogP) is 2.73. The first-order valence-corrected chi connectivity index (χ1v) is 11.0. The monoisotopic (exact) mass is 462 g/mol. The highest BCUT2D eigenvalue weighted by Crippen LogP contribution is 2.25. The first kappa shape index (κ1) is 21.8. The number of hydrogen-bond donors (Lipinski definition) is 1. The van der Waals surface area contributed by atoms with E-state index in [9.17, 15) is 18.8 Å². The lowest BCUT2D eigenvalue weighted by atomic mass is 10.1. The number of fused-ring (bicyclic) bond motifs is 1. The van der Waals surface area contributed by atoms with Gasteiger partial charge in [0, 0.05) is 35.8 Å². The minimum Gasteiger partial charge on any atom is -0.378 e. The molecule has 174 valence electrons. The molecule has 34 heavy (non-hydrogen) atoms. The number of morpholine rings is 1. The number of ether oxygens (including phenoxy) is 1. The Kier molecular flexibility index (Phi) is 5.85. The van der Waals surface area contributed by atoms with Crippen molar-refractivity contribution in [3.8, 4) is 0 Å². The Morgan fingerprint density at radius 2 is 1.79 bits per heavy atom. The number of nitrogens with one attached hydrogen (secondary N) is 1. The van der Waals surface area contributed by atoms with E-state index in [2.05, 4.69) is 5.32 Å². The lowest BCUT2D eigenvalue weighted by Crippen LogP contribution is -2.42. The van der Waals surface area contributed by atoms with Gasteiger partial charge in [-0.3, -0.25) is 14.5 Å². The van der Waals surface area contributed by atoms with E-state index in [0.29, 0.717) is 31.9 Å². The third kappa shape index (κ3) is 4.29. The molecule has 2 aliphatic rings. The number of nitrogens with zero attached hydrogens (tertiary/aromatic N) is 3. The number of amides is 4. The molecule has 0 bridgehead atoms. The molecule has 2 aromatic carbocycles. The van der Waals surface area contributed by atoms with E-state index in [-0.39, 0.29) is 30.5 Å². The van der Waals surface area contributed by atoms with Crippen LogP contribution >= 0.6 is 0 Å². The van der Waals surface area contributed by atoms with E-state index < -0.39 is 11.9 Å². The third-order valence-electron chi connectivity index (χ3n) is 6.00. The summed E-state index contributed by atoms with van der Waals surface area (Å²) in [5.41, 5.74) is 2.37. The highest BCUT2D eigenvalue weighted by atomic mass is 19.1. The molecule has 1 aromatic heterocycles. The van der Waals surface area contributed by atoms with Crippen molar-refractivity contribution in [1.82, 2.24) is 19.7 Å². The summed E-state index contributed by atoms with van der Waals surface area (Å²) in [7, 11) is 0. The number of carbonyl (C=O) groups is 3. The molecule has 0 unspecified atom stereocenters. The zero-order valence-corrected chi connectivity index (χ0v) is 18.4. The van der Waals surface area contributed by atoms with Crippen LogP contribution in [0.4, 0.5) is 9.18 Å². The average Bonchev–Trinajstić information content (AvgIpc) is 3.33. The van der Waals surface area contributed by atoms with Gasteiger partial charge in [-0.2, -0.15) is 0 Å². The molecule has 0 spiro atoms. The minimum atomic E-state index is -0.535. The fourth-order valence-corrected chi connectivity index (χ4v) is 4.22. The maximum absolute atomic E-state index is 13.2. The zero-order valence-electron chi connectivity index (χ0n) is 18.4. The first-order valence-electron chi connectivity index (χ1n) is 11.0. The van der Waals surface area contributed by atoms with E-state index in [0.717, 1.165) is 21.4 Å². The van der Waals surface area contributed by atoms with Gasteiger partial charge in [-0.1, -0.05) is 30.3 Å². The second-order valence-electron chi connectivity index (χ2n) is 8.23. The molecular formula is C25H23FN4O4.